The third-order valence-corrected chi connectivity index (χ3v) is 9.06. The molecule has 0 aliphatic rings. The van der Waals surface area contributed by atoms with Gasteiger partial charge in [-0.1, -0.05) is 24.4 Å². The van der Waals surface area contributed by atoms with E-state index >= 15 is 0 Å². The number of thiazole rings is 2. The highest BCUT2D eigenvalue weighted by molar-refractivity contribution is 7.80. The fourth-order valence-electron chi connectivity index (χ4n) is 4.24. The molecule has 0 radical (unpaired) electrons. The van der Waals surface area contributed by atoms with E-state index in [1.165, 1.54) is 0 Å². The second-order valence-corrected chi connectivity index (χ2v) is 12.2. The predicted octanol–water partition coefficient (Wildman–Crippen LogP) is 4.02. The quantitative estimate of drug-likeness (QED) is 0.0683. The van der Waals surface area contributed by atoms with Crippen molar-refractivity contribution in [3.05, 3.63) is 115 Å². The Hall–Kier alpha value is -6.02. The van der Waals surface area contributed by atoms with E-state index in [9.17, 15) is 0 Å². The van der Waals surface area contributed by atoms with Crippen LogP contribution in [0.25, 0.3) is 53.8 Å². The number of rotatable bonds is 7. The lowest BCUT2D eigenvalue weighted by Gasteiger charge is -2.01. The van der Waals surface area contributed by atoms with Gasteiger partial charge in [0.25, 0.3) is 0 Å². The molecule has 0 aliphatic carbocycles. The summed E-state index contributed by atoms with van der Waals surface area (Å²) in [7, 11) is 0. The summed E-state index contributed by atoms with van der Waals surface area (Å²) in [6.45, 7) is 3.96. The van der Waals surface area contributed by atoms with Crippen LogP contribution in [0.5, 0.6) is 0 Å². The first kappa shape index (κ1) is 40.4. The summed E-state index contributed by atoms with van der Waals surface area (Å²) in [6, 6.07) is 19.2. The van der Waals surface area contributed by atoms with Crippen molar-refractivity contribution >= 4 is 52.5 Å². The van der Waals surface area contributed by atoms with Gasteiger partial charge < -0.3 is 11.2 Å². The number of pyridine rings is 4. The number of aryl methyl sites for hydroxylation is 2. The smallest absolute Gasteiger partial charge is 0.200 e. The largest absolute Gasteiger partial charge is 0.412 e. The molecule has 7 aromatic rings. The molecule has 0 unspecified atom stereocenters. The molecule has 52 heavy (non-hydrogen) atoms. The summed E-state index contributed by atoms with van der Waals surface area (Å²) >= 11 is 8.17. The molecule has 0 spiro atoms. The normalized spacial score (nSPS) is 9.69. The molecule has 18 heteroatoms. The Kier molecular flexibility index (Phi) is 16.0. The van der Waals surface area contributed by atoms with Gasteiger partial charge in [0, 0.05) is 42.1 Å². The average Bonchev–Trinajstić information content (AvgIpc) is 3.79. The zero-order chi connectivity index (χ0) is 36.6. The number of aromatic nitrogens is 9. The number of hydrazine groups is 1. The van der Waals surface area contributed by atoms with Crippen LogP contribution in [0.4, 0.5) is 0 Å². The highest BCUT2D eigenvalue weighted by Gasteiger charge is 2.15. The summed E-state index contributed by atoms with van der Waals surface area (Å²) in [5.41, 5.74) is 12.5. The fourth-order valence-corrected chi connectivity index (χ4v) is 6.41. The molecule has 0 aliphatic heterocycles. The number of carbonyl (C=O) groups excluding carboxylic acids is 2. The standard InChI is InChI=1S/C17H12N6S.C15H12N4S2.C2H2O2.H4N2.H2O/c1-11-15(24-17(21-11)12-4-3-7-18-10-12)13-5-2-6-14(22-13)16-19-8-9-20-23-16;1-9-13(11-5-2-6-12(19-11)14(16)20)21-15(18-9)10-4-3-7-17-8-10;3-1-2-4;1-2;/h2-10H,1H3;2-8H,1H3,(H2,16,20);1-2H;1-2H2;1H2. The fraction of sp³-hybridized carbons (Fsp3) is 0.0588. The van der Waals surface area contributed by atoms with Gasteiger partial charge in [-0.05, 0) is 62.4 Å². The minimum absolute atomic E-state index is 0. The van der Waals surface area contributed by atoms with Gasteiger partial charge in [-0.2, -0.15) is 5.10 Å². The van der Waals surface area contributed by atoms with Gasteiger partial charge in [0.05, 0.1) is 44.4 Å². The van der Waals surface area contributed by atoms with Crippen LogP contribution in [-0.2, 0) is 9.59 Å². The molecule has 0 fully saturated rings. The van der Waals surface area contributed by atoms with Crippen molar-refractivity contribution in [2.24, 2.45) is 17.4 Å². The number of nitrogens with zero attached hydrogens (tertiary/aromatic N) is 9. The van der Waals surface area contributed by atoms with Crippen molar-refractivity contribution in [2.75, 3.05) is 0 Å². The first-order valence-corrected chi connectivity index (χ1v) is 16.8. The number of aldehydes is 2. The van der Waals surface area contributed by atoms with Crippen LogP contribution >= 0.6 is 34.9 Å². The lowest BCUT2D eigenvalue weighted by atomic mass is 10.2. The second-order valence-electron chi connectivity index (χ2n) is 9.77. The van der Waals surface area contributed by atoms with E-state index in [2.05, 4.69) is 56.8 Å². The molecule has 0 saturated heterocycles. The van der Waals surface area contributed by atoms with Gasteiger partial charge in [-0.15, -0.1) is 27.8 Å². The monoisotopic (exact) mass is 752 g/mol. The summed E-state index contributed by atoms with van der Waals surface area (Å²) in [4.78, 5) is 50.9. The maximum Gasteiger partial charge on any atom is 0.200 e. The summed E-state index contributed by atoms with van der Waals surface area (Å²) in [5.74, 6) is 8.51. The molecule has 0 saturated carbocycles. The van der Waals surface area contributed by atoms with Crippen molar-refractivity contribution in [3.8, 4) is 53.8 Å². The molecule has 7 rings (SSSR count). The Balaban J connectivity index is 0.000000241. The topological polar surface area (TPSA) is 260 Å². The molecule has 15 nitrogen and oxygen atoms in total. The van der Waals surface area contributed by atoms with Crippen molar-refractivity contribution in [3.63, 3.8) is 0 Å². The Labute approximate surface area is 311 Å². The molecule has 0 amide bonds. The van der Waals surface area contributed by atoms with Crippen molar-refractivity contribution in [1.29, 1.82) is 0 Å². The zero-order valence-electron chi connectivity index (χ0n) is 27.7. The van der Waals surface area contributed by atoms with Crippen LogP contribution in [0.3, 0.4) is 0 Å². The Morgan fingerprint density at radius 3 is 1.65 bits per heavy atom. The highest BCUT2D eigenvalue weighted by Crippen LogP contribution is 2.35. The molecule has 0 bridgehead atoms. The molecule has 0 aromatic carbocycles. The van der Waals surface area contributed by atoms with Gasteiger partial charge >= 0.3 is 0 Å². The summed E-state index contributed by atoms with van der Waals surface area (Å²) in [5, 5.41) is 9.73. The van der Waals surface area contributed by atoms with E-state index < -0.39 is 0 Å². The molecule has 7 aromatic heterocycles. The highest BCUT2D eigenvalue weighted by atomic mass is 32.1. The van der Waals surface area contributed by atoms with E-state index in [4.69, 9.17) is 27.5 Å². The van der Waals surface area contributed by atoms with Crippen LogP contribution in [0, 0.1) is 13.8 Å². The third-order valence-electron chi connectivity index (χ3n) is 6.39. The SMILES string of the molecule is Cc1nc(-c2cccnc2)sc1-c1cccc(-c2nccnn2)n1.Cc1nc(-c2cccnc2)sc1-c1cccc(C(N)=S)n1.NN.O.O=CC=O. The minimum atomic E-state index is 0. The van der Waals surface area contributed by atoms with E-state index in [0.717, 1.165) is 53.7 Å². The third kappa shape index (κ3) is 10.7. The van der Waals surface area contributed by atoms with Gasteiger partial charge in [0.1, 0.15) is 20.7 Å². The first-order chi connectivity index (χ1) is 24.9. The lowest BCUT2D eigenvalue weighted by molar-refractivity contribution is -0.122. The van der Waals surface area contributed by atoms with Crippen LogP contribution in [-0.4, -0.2) is 68.1 Å². The van der Waals surface area contributed by atoms with Crippen molar-refractivity contribution < 1.29 is 15.1 Å². The van der Waals surface area contributed by atoms with E-state index in [1.807, 2.05) is 80.7 Å². The second kappa shape index (κ2) is 20.6. The van der Waals surface area contributed by atoms with Crippen molar-refractivity contribution in [2.45, 2.75) is 13.8 Å². The summed E-state index contributed by atoms with van der Waals surface area (Å²) < 4.78 is 0. The number of hydrogen-bond donors (Lipinski definition) is 3. The van der Waals surface area contributed by atoms with Gasteiger partial charge in [0.2, 0.25) is 0 Å². The maximum absolute atomic E-state index is 8.81. The Morgan fingerprint density at radius 1 is 0.673 bits per heavy atom. The molecule has 0 atom stereocenters. The molecule has 264 valence electrons. The van der Waals surface area contributed by atoms with Gasteiger partial charge in [0.15, 0.2) is 18.4 Å². The zero-order valence-corrected chi connectivity index (χ0v) is 30.1. The van der Waals surface area contributed by atoms with Crippen LogP contribution in [0.2, 0.25) is 0 Å². The molecular weight excluding hydrogens is 721 g/mol. The predicted molar refractivity (Wildman–Crippen MR) is 205 cm³/mol. The van der Waals surface area contributed by atoms with E-state index in [1.54, 1.807) is 53.7 Å². The van der Waals surface area contributed by atoms with Crippen LogP contribution in [0.1, 0.15) is 17.1 Å². The molecule has 8 N–H and O–H groups in total. The van der Waals surface area contributed by atoms with Gasteiger partial charge in [-0.25, -0.2) is 24.9 Å². The van der Waals surface area contributed by atoms with Gasteiger partial charge in [-0.3, -0.25) is 31.2 Å². The van der Waals surface area contributed by atoms with Crippen LogP contribution < -0.4 is 17.4 Å². The van der Waals surface area contributed by atoms with Crippen molar-refractivity contribution in [1.82, 2.24) is 45.1 Å². The number of thiocarbonyl (C=S) groups is 1. The Bertz CT molecular complexity index is 2180. The number of hydrogen-bond acceptors (Lipinski definition) is 16. The molecular formula is C34H32N12O3S3. The maximum atomic E-state index is 8.81. The minimum Gasteiger partial charge on any atom is -0.412 e. The Morgan fingerprint density at radius 2 is 1.19 bits per heavy atom. The number of carbonyl (C=O) groups is 2. The average molecular weight is 753 g/mol. The van der Waals surface area contributed by atoms with Crippen LogP contribution in [0.15, 0.2) is 97.8 Å². The van der Waals surface area contributed by atoms with E-state index in [-0.39, 0.29) is 18.0 Å². The van der Waals surface area contributed by atoms with E-state index in [0.29, 0.717) is 22.2 Å². The lowest BCUT2D eigenvalue weighted by Crippen LogP contribution is -2.11. The number of nitrogens with two attached hydrogens (primary N) is 3. The molecule has 7 heterocycles. The summed E-state index contributed by atoms with van der Waals surface area (Å²) in [6.07, 6.45) is 10.7. The first-order valence-electron chi connectivity index (χ1n) is 14.7.